The Morgan fingerprint density at radius 1 is 0.632 bits per heavy atom. The number of thioether (sulfide) groups is 1. The fourth-order valence-corrected chi connectivity index (χ4v) is 7.75. The van der Waals surface area contributed by atoms with Crippen LogP contribution in [0.1, 0.15) is 77.2 Å². The molecule has 0 saturated heterocycles. The van der Waals surface area contributed by atoms with Crippen LogP contribution in [-0.4, -0.2) is 23.1 Å². The molecule has 0 aliphatic carbocycles. The Bertz CT molecular complexity index is 1520. The molecule has 0 radical (unpaired) electrons. The van der Waals surface area contributed by atoms with E-state index in [9.17, 15) is 0 Å². The molecule has 5 rings (SSSR count). The van der Waals surface area contributed by atoms with E-state index in [-0.39, 0.29) is 0 Å². The molecule has 0 fully saturated rings. The predicted molar refractivity (Wildman–Crippen MR) is 173 cm³/mol. The van der Waals surface area contributed by atoms with Gasteiger partial charge in [0.25, 0.3) is 0 Å². The van der Waals surface area contributed by atoms with Gasteiger partial charge >= 0.3 is 0 Å². The van der Waals surface area contributed by atoms with Crippen molar-refractivity contribution < 1.29 is 8.83 Å². The molecule has 4 heteroatoms. The topological polar surface area (TPSA) is 26.3 Å². The summed E-state index contributed by atoms with van der Waals surface area (Å²) < 4.78 is 12.7. The van der Waals surface area contributed by atoms with Crippen molar-refractivity contribution in [3.8, 4) is 0 Å². The van der Waals surface area contributed by atoms with Crippen molar-refractivity contribution in [3.05, 3.63) is 54.1 Å². The maximum Gasteiger partial charge on any atom is 0.136 e. The molecule has 0 bridgehead atoms. The molecule has 0 aliphatic heterocycles. The van der Waals surface area contributed by atoms with Crippen molar-refractivity contribution in [2.24, 2.45) is 0 Å². The summed E-state index contributed by atoms with van der Waals surface area (Å²) in [7, 11) is 0.336. The smallest absolute Gasteiger partial charge is 0.136 e. The molecule has 0 amide bonds. The van der Waals surface area contributed by atoms with Crippen LogP contribution in [0, 0.1) is 0 Å². The SMILES string of the molecule is C=S(CCC)CCCCc1ccc2c(c1)oc1cc3c(cc12)oc1cc(SCCCCCCCC)ccc13. The summed E-state index contributed by atoms with van der Waals surface area (Å²) in [4.78, 5) is 1.29. The van der Waals surface area contributed by atoms with E-state index in [2.05, 4.69) is 68.2 Å². The number of benzene rings is 3. The van der Waals surface area contributed by atoms with Crippen LogP contribution in [0.3, 0.4) is 0 Å². The van der Waals surface area contributed by atoms with Gasteiger partial charge in [0, 0.05) is 26.4 Å². The number of unbranched alkanes of at least 4 members (excludes halogenated alkanes) is 6. The van der Waals surface area contributed by atoms with Gasteiger partial charge in [-0.25, -0.2) is 0 Å². The van der Waals surface area contributed by atoms with E-state index in [1.165, 1.54) is 96.3 Å². The quantitative estimate of drug-likeness (QED) is 0.0742. The third kappa shape index (κ3) is 6.51. The number of fused-ring (bicyclic) bond motifs is 6. The largest absolute Gasteiger partial charge is 0.456 e. The normalized spacial score (nSPS) is 12.9. The minimum Gasteiger partial charge on any atom is -0.456 e. The maximum atomic E-state index is 6.37. The number of hydrogen-bond donors (Lipinski definition) is 0. The lowest BCUT2D eigenvalue weighted by Gasteiger charge is -2.05. The predicted octanol–water partition coefficient (Wildman–Crippen LogP) is 11.4. The Morgan fingerprint density at radius 3 is 2.03 bits per heavy atom. The van der Waals surface area contributed by atoms with Crippen LogP contribution < -0.4 is 0 Å². The van der Waals surface area contributed by atoms with E-state index in [4.69, 9.17) is 8.83 Å². The molecule has 1 unspecified atom stereocenters. The second-order valence-electron chi connectivity index (χ2n) is 10.6. The third-order valence-electron chi connectivity index (χ3n) is 7.51. The monoisotopic (exact) mass is 546 g/mol. The van der Waals surface area contributed by atoms with Crippen LogP contribution in [0.4, 0.5) is 0 Å². The van der Waals surface area contributed by atoms with E-state index in [0.717, 1.165) is 39.5 Å². The molecule has 2 aromatic heterocycles. The first-order valence-corrected chi connectivity index (χ1v) is 17.3. The molecule has 0 aliphatic rings. The van der Waals surface area contributed by atoms with Crippen molar-refractivity contribution in [2.45, 2.75) is 83.0 Å². The molecule has 3 aromatic carbocycles. The lowest BCUT2D eigenvalue weighted by molar-refractivity contribution is 0.627. The van der Waals surface area contributed by atoms with Crippen molar-refractivity contribution in [3.63, 3.8) is 0 Å². The van der Waals surface area contributed by atoms with Crippen LogP contribution in [0.2, 0.25) is 0 Å². The zero-order chi connectivity index (χ0) is 26.3. The van der Waals surface area contributed by atoms with Gasteiger partial charge in [-0.1, -0.05) is 64.0 Å². The third-order valence-corrected chi connectivity index (χ3v) is 10.4. The zero-order valence-electron chi connectivity index (χ0n) is 23.2. The second kappa shape index (κ2) is 13.3. The highest BCUT2D eigenvalue weighted by molar-refractivity contribution is 8.14. The van der Waals surface area contributed by atoms with Crippen molar-refractivity contribution in [1.29, 1.82) is 0 Å². The summed E-state index contributed by atoms with van der Waals surface area (Å²) in [5, 5.41) is 4.61. The summed E-state index contributed by atoms with van der Waals surface area (Å²) in [5.74, 6) is 8.01. The van der Waals surface area contributed by atoms with E-state index < -0.39 is 0 Å². The Balaban J connectivity index is 1.28. The van der Waals surface area contributed by atoms with E-state index >= 15 is 0 Å². The fraction of sp³-hybridized carbons (Fsp3) is 0.441. The average Bonchev–Trinajstić information content (AvgIpc) is 3.45. The molecule has 0 spiro atoms. The number of furan rings is 2. The second-order valence-corrected chi connectivity index (χ2v) is 13.8. The van der Waals surface area contributed by atoms with Gasteiger partial charge in [0.05, 0.1) is 0 Å². The summed E-state index contributed by atoms with van der Waals surface area (Å²) >= 11 is 1.95. The number of rotatable bonds is 15. The first-order chi connectivity index (χ1) is 18.7. The van der Waals surface area contributed by atoms with Gasteiger partial charge < -0.3 is 8.83 Å². The minimum absolute atomic E-state index is 0.336. The maximum absolute atomic E-state index is 6.37. The van der Waals surface area contributed by atoms with E-state index in [1.807, 2.05) is 11.8 Å². The molecule has 38 heavy (non-hydrogen) atoms. The van der Waals surface area contributed by atoms with Gasteiger partial charge in [-0.15, -0.1) is 11.8 Å². The zero-order valence-corrected chi connectivity index (χ0v) is 24.8. The molecule has 2 heterocycles. The van der Waals surface area contributed by atoms with Gasteiger partial charge in [-0.3, -0.25) is 0 Å². The highest BCUT2D eigenvalue weighted by Crippen LogP contribution is 2.38. The van der Waals surface area contributed by atoms with E-state index in [0.29, 0.717) is 10.5 Å². The van der Waals surface area contributed by atoms with Gasteiger partial charge in [0.2, 0.25) is 0 Å². The fourth-order valence-electron chi connectivity index (χ4n) is 5.41. The van der Waals surface area contributed by atoms with Gasteiger partial charge in [-0.05, 0) is 91.3 Å². The van der Waals surface area contributed by atoms with Gasteiger partial charge in [-0.2, -0.15) is 10.5 Å². The van der Waals surface area contributed by atoms with Crippen LogP contribution in [0.5, 0.6) is 0 Å². The lowest BCUT2D eigenvalue weighted by atomic mass is 10.0. The van der Waals surface area contributed by atoms with Crippen molar-refractivity contribution in [1.82, 2.24) is 0 Å². The molecule has 1 atom stereocenters. The summed E-state index contributed by atoms with van der Waals surface area (Å²) in [5.41, 5.74) is 5.18. The average molecular weight is 547 g/mol. The lowest BCUT2D eigenvalue weighted by Crippen LogP contribution is -1.90. The molecule has 5 aromatic rings. The molecule has 202 valence electrons. The highest BCUT2D eigenvalue weighted by Gasteiger charge is 2.14. The first-order valence-electron chi connectivity index (χ1n) is 14.6. The number of hydrogen-bond acceptors (Lipinski definition) is 3. The van der Waals surface area contributed by atoms with Crippen molar-refractivity contribution in [2.75, 3.05) is 17.3 Å². The minimum atomic E-state index is 0.336. The van der Waals surface area contributed by atoms with Gasteiger partial charge in [0.1, 0.15) is 22.3 Å². The van der Waals surface area contributed by atoms with Crippen molar-refractivity contribution >= 4 is 72.0 Å². The highest BCUT2D eigenvalue weighted by atomic mass is 32.2. The Labute approximate surface area is 234 Å². The van der Waals surface area contributed by atoms with Crippen LogP contribution in [0.15, 0.2) is 62.3 Å². The summed E-state index contributed by atoms with van der Waals surface area (Å²) in [6.45, 7) is 4.52. The molecule has 0 N–H and O–H groups in total. The number of aryl methyl sites for hydroxylation is 1. The first kappa shape index (κ1) is 27.4. The van der Waals surface area contributed by atoms with Crippen LogP contribution >= 0.6 is 22.2 Å². The summed E-state index contributed by atoms with van der Waals surface area (Å²) in [6.07, 6.45) is 12.9. The Morgan fingerprint density at radius 2 is 1.29 bits per heavy atom. The Hall–Kier alpha value is -2.17. The molecule has 2 nitrogen and oxygen atoms in total. The standard InChI is InChI=1S/C34H42O2S2/c1-4-6-7-8-9-11-18-37-26-15-17-28-30-24-33-29(23-34(30)36-32(28)22-26)27-16-14-25(21-31(27)35-33)13-10-12-20-38(3)19-5-2/h14-17,21-24H,3-13,18-20H2,1-2H3. The van der Waals surface area contributed by atoms with E-state index in [1.54, 1.807) is 0 Å². The van der Waals surface area contributed by atoms with Gasteiger partial charge in [0.15, 0.2) is 0 Å². The summed E-state index contributed by atoms with van der Waals surface area (Å²) in [6, 6.07) is 17.7. The van der Waals surface area contributed by atoms with Crippen LogP contribution in [0.25, 0.3) is 43.9 Å². The molecular weight excluding hydrogens is 505 g/mol. The molecule has 0 saturated carbocycles. The van der Waals surface area contributed by atoms with Crippen LogP contribution in [-0.2, 0) is 6.42 Å². The Kier molecular flexibility index (Phi) is 9.56. The molecular formula is C34H42O2S2.